The van der Waals surface area contributed by atoms with E-state index in [1.807, 2.05) is 24.3 Å². The molecule has 0 saturated heterocycles. The summed E-state index contributed by atoms with van der Waals surface area (Å²) in [4.78, 5) is 14.8. The molecular formula is C24H26N4O4S. The molecule has 2 aromatic carbocycles. The lowest BCUT2D eigenvalue weighted by molar-refractivity contribution is 0.0980. The summed E-state index contributed by atoms with van der Waals surface area (Å²) in [6, 6.07) is 13.9. The van der Waals surface area contributed by atoms with Crippen molar-refractivity contribution in [2.24, 2.45) is 0 Å². The van der Waals surface area contributed by atoms with Gasteiger partial charge in [0.1, 0.15) is 5.75 Å². The van der Waals surface area contributed by atoms with Crippen molar-refractivity contribution in [2.75, 3.05) is 22.4 Å². The van der Waals surface area contributed by atoms with E-state index in [9.17, 15) is 18.3 Å². The number of aromatic nitrogens is 2. The van der Waals surface area contributed by atoms with Crippen molar-refractivity contribution in [1.82, 2.24) is 10.2 Å². The minimum absolute atomic E-state index is 0.0289. The van der Waals surface area contributed by atoms with Crippen LogP contribution in [0.15, 0.2) is 48.5 Å². The van der Waals surface area contributed by atoms with Gasteiger partial charge in [-0.05, 0) is 54.4 Å². The highest BCUT2D eigenvalue weighted by molar-refractivity contribution is 7.92. The number of nitrogens with one attached hydrogen (secondary N) is 1. The number of aromatic hydroxyl groups is 1. The van der Waals surface area contributed by atoms with E-state index in [1.165, 1.54) is 12.1 Å². The zero-order valence-corrected chi connectivity index (χ0v) is 19.8. The second-order valence-electron chi connectivity index (χ2n) is 9.21. The zero-order chi connectivity index (χ0) is 24.0. The Bertz CT molecular complexity index is 1330. The third-order valence-corrected chi connectivity index (χ3v) is 6.09. The molecule has 0 saturated carbocycles. The SMILES string of the molecule is CC(C)(C)c1ccc(-c2ccc3c(c2)CCN(c2ccc(O)c(NS(C)(=O)=O)c2)C3=O)nn1. The van der Waals surface area contributed by atoms with Crippen LogP contribution in [0.25, 0.3) is 11.3 Å². The molecule has 3 aromatic rings. The maximum Gasteiger partial charge on any atom is 0.258 e. The van der Waals surface area contributed by atoms with E-state index in [0.29, 0.717) is 24.2 Å². The molecule has 2 N–H and O–H groups in total. The van der Waals surface area contributed by atoms with E-state index in [-0.39, 0.29) is 22.8 Å². The van der Waals surface area contributed by atoms with Crippen LogP contribution in [0, 0.1) is 0 Å². The van der Waals surface area contributed by atoms with E-state index < -0.39 is 10.0 Å². The number of benzene rings is 2. The van der Waals surface area contributed by atoms with Crippen LogP contribution >= 0.6 is 0 Å². The average molecular weight is 467 g/mol. The van der Waals surface area contributed by atoms with Crippen molar-refractivity contribution in [3.8, 4) is 17.0 Å². The number of hydrogen-bond donors (Lipinski definition) is 2. The lowest BCUT2D eigenvalue weighted by atomic mass is 9.91. The first-order valence-corrected chi connectivity index (χ1v) is 12.4. The molecule has 8 nitrogen and oxygen atoms in total. The van der Waals surface area contributed by atoms with Gasteiger partial charge in [0.25, 0.3) is 5.91 Å². The van der Waals surface area contributed by atoms with Crippen LogP contribution in [-0.4, -0.2) is 42.4 Å². The molecule has 172 valence electrons. The second-order valence-corrected chi connectivity index (χ2v) is 11.0. The molecule has 2 heterocycles. The molecule has 0 spiro atoms. The van der Waals surface area contributed by atoms with E-state index in [0.717, 1.165) is 28.8 Å². The van der Waals surface area contributed by atoms with Crippen molar-refractivity contribution in [3.63, 3.8) is 0 Å². The molecule has 0 bridgehead atoms. The summed E-state index contributed by atoms with van der Waals surface area (Å²) in [6.07, 6.45) is 1.62. The smallest absolute Gasteiger partial charge is 0.258 e. The van der Waals surface area contributed by atoms with Gasteiger partial charge >= 0.3 is 0 Å². The highest BCUT2D eigenvalue weighted by Gasteiger charge is 2.27. The number of rotatable bonds is 4. The molecule has 4 rings (SSSR count). The van der Waals surface area contributed by atoms with Gasteiger partial charge in [0.2, 0.25) is 10.0 Å². The topological polar surface area (TPSA) is 112 Å². The van der Waals surface area contributed by atoms with E-state index in [2.05, 4.69) is 35.7 Å². The van der Waals surface area contributed by atoms with Gasteiger partial charge in [-0.25, -0.2) is 8.42 Å². The number of fused-ring (bicyclic) bond motifs is 1. The minimum Gasteiger partial charge on any atom is -0.506 e. The Balaban J connectivity index is 1.61. The summed E-state index contributed by atoms with van der Waals surface area (Å²) in [6.45, 7) is 6.68. The Labute approximate surface area is 193 Å². The van der Waals surface area contributed by atoms with E-state index >= 15 is 0 Å². The number of anilines is 2. The normalized spacial score (nSPS) is 14.2. The van der Waals surface area contributed by atoms with Crippen molar-refractivity contribution in [3.05, 3.63) is 65.4 Å². The lowest BCUT2D eigenvalue weighted by Gasteiger charge is -2.29. The Morgan fingerprint density at radius 2 is 1.79 bits per heavy atom. The third-order valence-electron chi connectivity index (χ3n) is 5.50. The Kier molecular flexibility index (Phi) is 5.61. The molecule has 1 aliphatic heterocycles. The lowest BCUT2D eigenvalue weighted by Crippen LogP contribution is -2.37. The third kappa shape index (κ3) is 4.83. The predicted molar refractivity (Wildman–Crippen MR) is 128 cm³/mol. The standard InChI is InChI=1S/C24H26N4O4S/c1-24(2,3)22-10-8-19(25-26-22)16-5-7-18-15(13-16)11-12-28(23(18)30)17-6-9-21(29)20(14-17)27-33(4,31)32/h5-10,13-14,27,29H,11-12H2,1-4H3. The molecule has 1 aromatic heterocycles. The number of sulfonamides is 1. The minimum atomic E-state index is -3.58. The molecule has 1 amide bonds. The number of nitrogens with zero attached hydrogens (tertiary/aromatic N) is 3. The summed E-state index contributed by atoms with van der Waals surface area (Å²) in [5.41, 5.74) is 4.50. The van der Waals surface area contributed by atoms with Gasteiger partial charge in [-0.15, -0.1) is 0 Å². The quantitative estimate of drug-likeness (QED) is 0.567. The zero-order valence-electron chi connectivity index (χ0n) is 19.0. The summed E-state index contributed by atoms with van der Waals surface area (Å²) < 4.78 is 25.4. The van der Waals surface area contributed by atoms with Crippen LogP contribution in [0.2, 0.25) is 0 Å². The molecule has 0 atom stereocenters. The highest BCUT2D eigenvalue weighted by Crippen LogP contribution is 2.33. The van der Waals surface area contributed by atoms with Crippen molar-refractivity contribution in [2.45, 2.75) is 32.6 Å². The fourth-order valence-electron chi connectivity index (χ4n) is 3.75. The number of carbonyl (C=O) groups is 1. The highest BCUT2D eigenvalue weighted by atomic mass is 32.2. The Morgan fingerprint density at radius 1 is 1.03 bits per heavy atom. The number of carbonyl (C=O) groups excluding carboxylic acids is 1. The van der Waals surface area contributed by atoms with Crippen molar-refractivity contribution >= 4 is 27.3 Å². The molecular weight excluding hydrogens is 440 g/mol. The first-order valence-electron chi connectivity index (χ1n) is 10.5. The summed E-state index contributed by atoms with van der Waals surface area (Å²) in [5.74, 6) is -0.398. The molecule has 9 heteroatoms. The van der Waals surface area contributed by atoms with Gasteiger partial charge in [0.05, 0.1) is 23.3 Å². The van der Waals surface area contributed by atoms with Crippen LogP contribution in [0.5, 0.6) is 5.75 Å². The predicted octanol–water partition coefficient (Wildman–Crippen LogP) is 3.72. The summed E-state index contributed by atoms with van der Waals surface area (Å²) >= 11 is 0. The van der Waals surface area contributed by atoms with Crippen LogP contribution in [0.4, 0.5) is 11.4 Å². The molecule has 0 unspecified atom stereocenters. The fraction of sp³-hybridized carbons (Fsp3) is 0.292. The van der Waals surface area contributed by atoms with Gasteiger partial charge in [0.15, 0.2) is 0 Å². The van der Waals surface area contributed by atoms with Gasteiger partial charge in [-0.1, -0.05) is 26.8 Å². The Hall–Kier alpha value is -3.46. The first-order chi connectivity index (χ1) is 15.4. The van der Waals surface area contributed by atoms with Crippen LogP contribution in [0.1, 0.15) is 42.4 Å². The maximum atomic E-state index is 13.2. The maximum absolute atomic E-state index is 13.2. The average Bonchev–Trinajstić information content (AvgIpc) is 2.74. The first kappa shape index (κ1) is 22.7. The van der Waals surface area contributed by atoms with Crippen molar-refractivity contribution in [1.29, 1.82) is 0 Å². The van der Waals surface area contributed by atoms with Gasteiger partial charge in [-0.3, -0.25) is 9.52 Å². The number of hydrogen-bond acceptors (Lipinski definition) is 6. The molecule has 0 radical (unpaired) electrons. The van der Waals surface area contributed by atoms with E-state index in [4.69, 9.17) is 0 Å². The van der Waals surface area contributed by atoms with Gasteiger partial charge in [-0.2, -0.15) is 10.2 Å². The number of amides is 1. The van der Waals surface area contributed by atoms with Crippen molar-refractivity contribution < 1.29 is 18.3 Å². The van der Waals surface area contributed by atoms with E-state index in [1.54, 1.807) is 17.0 Å². The van der Waals surface area contributed by atoms with Crippen LogP contribution < -0.4 is 9.62 Å². The van der Waals surface area contributed by atoms with Crippen LogP contribution in [0.3, 0.4) is 0 Å². The number of phenols is 1. The molecule has 33 heavy (non-hydrogen) atoms. The Morgan fingerprint density at radius 3 is 2.42 bits per heavy atom. The van der Waals surface area contributed by atoms with Gasteiger partial charge in [0, 0.05) is 28.8 Å². The molecule has 0 aliphatic carbocycles. The summed E-state index contributed by atoms with van der Waals surface area (Å²) in [7, 11) is -3.58. The second kappa shape index (κ2) is 8.15. The monoisotopic (exact) mass is 466 g/mol. The van der Waals surface area contributed by atoms with Gasteiger partial charge < -0.3 is 10.0 Å². The molecule has 0 fully saturated rings. The van der Waals surface area contributed by atoms with Crippen LogP contribution in [-0.2, 0) is 21.9 Å². The fourth-order valence-corrected chi connectivity index (χ4v) is 4.32. The summed E-state index contributed by atoms with van der Waals surface area (Å²) in [5, 5.41) is 18.7. The number of phenolic OH excluding ortho intramolecular Hbond substituents is 1. The molecule has 1 aliphatic rings. The largest absolute Gasteiger partial charge is 0.506 e.